The number of hydrogen-bond acceptors (Lipinski definition) is 2. The van der Waals surface area contributed by atoms with Gasteiger partial charge in [-0.1, -0.05) is 50.2 Å². The molecule has 104 valence electrons. The van der Waals surface area contributed by atoms with E-state index in [1.165, 1.54) is 16.8 Å². The summed E-state index contributed by atoms with van der Waals surface area (Å²) in [6, 6.07) is 16.4. The average Bonchev–Trinajstić information content (AvgIpc) is 2.48. The lowest BCUT2D eigenvalue weighted by Gasteiger charge is -2.20. The minimum atomic E-state index is 0.560. The summed E-state index contributed by atoms with van der Waals surface area (Å²) < 4.78 is 0. The number of carbonyl (C=O) groups is 1. The molecule has 0 bridgehead atoms. The molecule has 0 spiro atoms. The highest BCUT2D eigenvalue weighted by molar-refractivity contribution is 5.74. The van der Waals surface area contributed by atoms with Crippen molar-refractivity contribution in [2.24, 2.45) is 0 Å². The molecule has 0 saturated heterocycles. The van der Waals surface area contributed by atoms with Crippen molar-refractivity contribution >= 4 is 12.0 Å². The van der Waals surface area contributed by atoms with Crippen molar-refractivity contribution in [3.8, 4) is 0 Å². The van der Waals surface area contributed by atoms with E-state index in [1.807, 2.05) is 24.3 Å². The molecule has 0 aliphatic rings. The molecule has 0 fully saturated rings. The molecule has 0 atom stereocenters. The van der Waals surface area contributed by atoms with E-state index in [-0.39, 0.29) is 0 Å². The summed E-state index contributed by atoms with van der Waals surface area (Å²) in [6.45, 7) is 5.24. The standard InChI is InChI=1S/C18H21NO/c1-14(2)17-8-10-18(11-9-17)19(3)12-15-4-6-16(13-20)7-5-15/h4-11,13-14H,12H2,1-3H3. The lowest BCUT2D eigenvalue weighted by molar-refractivity contribution is 0.112. The second kappa shape index (κ2) is 6.38. The van der Waals surface area contributed by atoms with E-state index in [0.717, 1.165) is 18.4 Å². The first-order valence-electron chi connectivity index (χ1n) is 6.95. The van der Waals surface area contributed by atoms with Crippen LogP contribution >= 0.6 is 0 Å². The first kappa shape index (κ1) is 14.3. The van der Waals surface area contributed by atoms with Crippen molar-refractivity contribution in [2.45, 2.75) is 26.3 Å². The van der Waals surface area contributed by atoms with Gasteiger partial charge in [-0.2, -0.15) is 0 Å². The molecule has 2 rings (SSSR count). The maximum atomic E-state index is 10.6. The molecule has 0 aromatic heterocycles. The van der Waals surface area contributed by atoms with Gasteiger partial charge in [0.1, 0.15) is 6.29 Å². The number of benzene rings is 2. The zero-order chi connectivity index (χ0) is 14.5. The van der Waals surface area contributed by atoms with Crippen LogP contribution in [0.4, 0.5) is 5.69 Å². The number of anilines is 1. The number of rotatable bonds is 5. The molecule has 20 heavy (non-hydrogen) atoms. The number of aldehydes is 1. The minimum absolute atomic E-state index is 0.560. The van der Waals surface area contributed by atoms with Crippen molar-refractivity contribution in [3.05, 3.63) is 65.2 Å². The molecule has 2 heteroatoms. The Balaban J connectivity index is 2.06. The SMILES string of the molecule is CC(C)c1ccc(N(C)Cc2ccc(C=O)cc2)cc1. The quantitative estimate of drug-likeness (QED) is 0.754. The molecule has 0 radical (unpaired) electrons. The monoisotopic (exact) mass is 267 g/mol. The lowest BCUT2D eigenvalue weighted by Crippen LogP contribution is -2.16. The van der Waals surface area contributed by atoms with Crippen LogP contribution in [0.25, 0.3) is 0 Å². The lowest BCUT2D eigenvalue weighted by atomic mass is 10.0. The van der Waals surface area contributed by atoms with Gasteiger partial charge in [0.2, 0.25) is 0 Å². The Bertz CT molecular complexity index is 555. The third-order valence-electron chi connectivity index (χ3n) is 3.54. The van der Waals surface area contributed by atoms with Crippen LogP contribution in [0, 0.1) is 0 Å². The van der Waals surface area contributed by atoms with Crippen LogP contribution in [0.2, 0.25) is 0 Å². The van der Waals surface area contributed by atoms with Crippen LogP contribution in [-0.2, 0) is 6.54 Å². The zero-order valence-corrected chi connectivity index (χ0v) is 12.3. The predicted octanol–water partition coefficient (Wildman–Crippen LogP) is 4.26. The Kier molecular flexibility index (Phi) is 4.57. The molecule has 0 aliphatic carbocycles. The van der Waals surface area contributed by atoms with Crippen molar-refractivity contribution < 1.29 is 4.79 Å². The van der Waals surface area contributed by atoms with Gasteiger partial charge in [0.05, 0.1) is 0 Å². The Morgan fingerprint density at radius 2 is 1.60 bits per heavy atom. The molecule has 0 aliphatic heterocycles. The highest BCUT2D eigenvalue weighted by Crippen LogP contribution is 2.20. The Morgan fingerprint density at radius 3 is 2.10 bits per heavy atom. The average molecular weight is 267 g/mol. The molecule has 0 heterocycles. The van der Waals surface area contributed by atoms with Crippen LogP contribution < -0.4 is 4.90 Å². The topological polar surface area (TPSA) is 20.3 Å². The summed E-state index contributed by atoms with van der Waals surface area (Å²) in [5.41, 5.74) is 4.48. The second-order valence-electron chi connectivity index (χ2n) is 5.46. The van der Waals surface area contributed by atoms with Gasteiger partial charge in [-0.3, -0.25) is 4.79 Å². The van der Waals surface area contributed by atoms with Crippen LogP contribution in [0.15, 0.2) is 48.5 Å². The van der Waals surface area contributed by atoms with Crippen LogP contribution in [0.3, 0.4) is 0 Å². The molecule has 2 nitrogen and oxygen atoms in total. The maximum absolute atomic E-state index is 10.6. The summed E-state index contributed by atoms with van der Waals surface area (Å²) in [5.74, 6) is 0.560. The van der Waals surface area contributed by atoms with E-state index in [4.69, 9.17) is 0 Å². The van der Waals surface area contributed by atoms with Gasteiger partial charge in [0, 0.05) is 24.8 Å². The van der Waals surface area contributed by atoms with Gasteiger partial charge in [-0.15, -0.1) is 0 Å². The van der Waals surface area contributed by atoms with Gasteiger partial charge < -0.3 is 4.90 Å². The second-order valence-corrected chi connectivity index (χ2v) is 5.46. The summed E-state index contributed by atoms with van der Waals surface area (Å²) in [4.78, 5) is 12.8. The van der Waals surface area contributed by atoms with Crippen molar-refractivity contribution in [3.63, 3.8) is 0 Å². The highest BCUT2D eigenvalue weighted by atomic mass is 16.1. The van der Waals surface area contributed by atoms with Gasteiger partial charge >= 0.3 is 0 Å². The van der Waals surface area contributed by atoms with Gasteiger partial charge in [0.25, 0.3) is 0 Å². The third kappa shape index (κ3) is 3.47. The summed E-state index contributed by atoms with van der Waals surface area (Å²) >= 11 is 0. The number of nitrogens with zero attached hydrogens (tertiary/aromatic N) is 1. The van der Waals surface area contributed by atoms with E-state index in [9.17, 15) is 4.79 Å². The number of carbonyl (C=O) groups excluding carboxylic acids is 1. The smallest absolute Gasteiger partial charge is 0.150 e. The zero-order valence-electron chi connectivity index (χ0n) is 12.3. The molecular formula is C18H21NO. The molecular weight excluding hydrogens is 246 g/mol. The fourth-order valence-electron chi connectivity index (χ4n) is 2.18. The van der Waals surface area contributed by atoms with Crippen molar-refractivity contribution in [1.29, 1.82) is 0 Å². The fourth-order valence-corrected chi connectivity index (χ4v) is 2.18. The first-order valence-corrected chi connectivity index (χ1v) is 6.95. The van der Waals surface area contributed by atoms with Gasteiger partial charge in [0.15, 0.2) is 0 Å². The molecule has 2 aromatic carbocycles. The molecule has 0 amide bonds. The van der Waals surface area contributed by atoms with Crippen molar-refractivity contribution in [2.75, 3.05) is 11.9 Å². The van der Waals surface area contributed by atoms with E-state index in [1.54, 1.807) is 0 Å². The Labute approximate surface area is 121 Å². The first-order chi connectivity index (χ1) is 9.60. The predicted molar refractivity (Wildman–Crippen MR) is 84.5 cm³/mol. The third-order valence-corrected chi connectivity index (χ3v) is 3.54. The van der Waals surface area contributed by atoms with E-state index >= 15 is 0 Å². The summed E-state index contributed by atoms with van der Waals surface area (Å²) in [5, 5.41) is 0. The maximum Gasteiger partial charge on any atom is 0.150 e. The van der Waals surface area contributed by atoms with E-state index in [2.05, 4.69) is 50.1 Å². The van der Waals surface area contributed by atoms with Crippen LogP contribution in [-0.4, -0.2) is 13.3 Å². The number of hydrogen-bond donors (Lipinski definition) is 0. The largest absolute Gasteiger partial charge is 0.370 e. The van der Waals surface area contributed by atoms with Gasteiger partial charge in [-0.25, -0.2) is 0 Å². The van der Waals surface area contributed by atoms with Crippen molar-refractivity contribution in [1.82, 2.24) is 0 Å². The highest BCUT2D eigenvalue weighted by Gasteiger charge is 2.04. The fraction of sp³-hybridized carbons (Fsp3) is 0.278. The summed E-state index contributed by atoms with van der Waals surface area (Å²) in [6.07, 6.45) is 0.873. The van der Waals surface area contributed by atoms with Crippen LogP contribution in [0.1, 0.15) is 41.3 Å². The molecule has 0 N–H and O–H groups in total. The minimum Gasteiger partial charge on any atom is -0.370 e. The molecule has 0 unspecified atom stereocenters. The molecule has 2 aromatic rings. The Morgan fingerprint density at radius 1 is 1.00 bits per heavy atom. The Hall–Kier alpha value is -2.09. The van der Waals surface area contributed by atoms with Crippen LogP contribution in [0.5, 0.6) is 0 Å². The van der Waals surface area contributed by atoms with Gasteiger partial charge in [-0.05, 0) is 29.2 Å². The summed E-state index contributed by atoms with van der Waals surface area (Å²) in [7, 11) is 2.08. The van der Waals surface area contributed by atoms with E-state index in [0.29, 0.717) is 5.92 Å². The van der Waals surface area contributed by atoms with E-state index < -0.39 is 0 Å². The molecule has 0 saturated carbocycles. The normalized spacial score (nSPS) is 10.6.